The first kappa shape index (κ1) is 15.4. The molecule has 1 aliphatic carbocycles. The molecule has 1 aromatic heterocycles. The number of nitrogens with one attached hydrogen (secondary N) is 1. The highest BCUT2D eigenvalue weighted by molar-refractivity contribution is 6.07. The van der Waals surface area contributed by atoms with Crippen molar-refractivity contribution >= 4 is 22.5 Å². The van der Waals surface area contributed by atoms with Crippen molar-refractivity contribution in [3.8, 4) is 0 Å². The predicted molar refractivity (Wildman–Crippen MR) is 95.3 cm³/mol. The van der Waals surface area contributed by atoms with E-state index in [4.69, 9.17) is 0 Å². The van der Waals surface area contributed by atoms with E-state index in [9.17, 15) is 4.79 Å². The second kappa shape index (κ2) is 6.38. The molecule has 5 heteroatoms. The van der Waals surface area contributed by atoms with Crippen LogP contribution in [-0.2, 0) is 0 Å². The summed E-state index contributed by atoms with van der Waals surface area (Å²) >= 11 is 0. The number of nitrogens with zero attached hydrogens (tertiary/aromatic N) is 3. The Hall–Kier alpha value is -2.17. The Morgan fingerprint density at radius 2 is 1.96 bits per heavy atom. The van der Waals surface area contributed by atoms with Crippen LogP contribution in [0.15, 0.2) is 24.3 Å². The number of aromatic nitrogens is 2. The number of amides is 1. The molecule has 126 valence electrons. The molecule has 2 aliphatic rings. The van der Waals surface area contributed by atoms with E-state index in [-0.39, 0.29) is 5.91 Å². The van der Waals surface area contributed by atoms with Crippen molar-refractivity contribution in [2.75, 3.05) is 18.0 Å². The van der Waals surface area contributed by atoms with Crippen LogP contribution in [0.2, 0.25) is 0 Å². The van der Waals surface area contributed by atoms with Crippen LogP contribution in [0.3, 0.4) is 0 Å². The molecule has 2 fully saturated rings. The summed E-state index contributed by atoms with van der Waals surface area (Å²) in [6.07, 6.45) is 6.07. The summed E-state index contributed by atoms with van der Waals surface area (Å²) in [5.41, 5.74) is 0.444. The average molecular weight is 324 g/mol. The van der Waals surface area contributed by atoms with Crippen molar-refractivity contribution in [2.45, 2.75) is 45.1 Å². The molecular weight excluding hydrogens is 300 g/mol. The number of carbonyl (C=O) groups is 1. The number of piperidine rings is 1. The Labute approximate surface area is 142 Å². The van der Waals surface area contributed by atoms with Gasteiger partial charge in [-0.25, -0.2) is 0 Å². The van der Waals surface area contributed by atoms with Gasteiger partial charge >= 0.3 is 0 Å². The lowest BCUT2D eigenvalue weighted by Crippen LogP contribution is -2.38. The number of fused-ring (bicyclic) bond motifs is 1. The topological polar surface area (TPSA) is 58.1 Å². The second-order valence-electron chi connectivity index (χ2n) is 7.11. The Bertz CT molecular complexity index is 756. The molecule has 1 saturated carbocycles. The number of hydrogen-bond donors (Lipinski definition) is 1. The monoisotopic (exact) mass is 324 g/mol. The quantitative estimate of drug-likeness (QED) is 0.938. The molecule has 1 unspecified atom stereocenters. The van der Waals surface area contributed by atoms with Gasteiger partial charge in [-0.05, 0) is 44.9 Å². The van der Waals surface area contributed by atoms with E-state index in [0.29, 0.717) is 17.7 Å². The van der Waals surface area contributed by atoms with E-state index in [1.54, 1.807) is 0 Å². The van der Waals surface area contributed by atoms with Gasteiger partial charge in [-0.1, -0.05) is 24.3 Å². The molecule has 1 aromatic carbocycles. The van der Waals surface area contributed by atoms with Gasteiger partial charge in [0.25, 0.3) is 5.91 Å². The Balaban J connectivity index is 1.69. The molecule has 2 heterocycles. The molecule has 1 amide bonds. The van der Waals surface area contributed by atoms with E-state index < -0.39 is 0 Å². The molecule has 0 bridgehead atoms. The normalized spacial score (nSPS) is 21.0. The van der Waals surface area contributed by atoms with Gasteiger partial charge in [0.1, 0.15) is 0 Å². The SMILES string of the molecule is CC1CCCCN1c1nnc(C(=O)NCC2CC2)c2ccccc12. The number of benzene rings is 1. The summed E-state index contributed by atoms with van der Waals surface area (Å²) in [7, 11) is 0. The lowest BCUT2D eigenvalue weighted by molar-refractivity contribution is 0.0947. The fourth-order valence-electron chi connectivity index (χ4n) is 3.53. The zero-order valence-corrected chi connectivity index (χ0v) is 14.2. The fourth-order valence-corrected chi connectivity index (χ4v) is 3.53. The largest absolute Gasteiger partial charge is 0.352 e. The third-order valence-electron chi connectivity index (χ3n) is 5.21. The van der Waals surface area contributed by atoms with Crippen molar-refractivity contribution in [2.24, 2.45) is 5.92 Å². The first-order valence-corrected chi connectivity index (χ1v) is 9.04. The van der Waals surface area contributed by atoms with E-state index in [1.165, 1.54) is 32.1 Å². The van der Waals surface area contributed by atoms with Crippen molar-refractivity contribution in [3.05, 3.63) is 30.0 Å². The van der Waals surface area contributed by atoms with E-state index in [1.807, 2.05) is 18.2 Å². The molecule has 4 rings (SSSR count). The molecule has 5 nitrogen and oxygen atoms in total. The van der Waals surface area contributed by atoms with Gasteiger partial charge in [0.2, 0.25) is 0 Å². The minimum atomic E-state index is -0.108. The Morgan fingerprint density at radius 1 is 1.17 bits per heavy atom. The molecule has 1 saturated heterocycles. The van der Waals surface area contributed by atoms with E-state index in [0.717, 1.165) is 29.7 Å². The number of hydrogen-bond acceptors (Lipinski definition) is 4. The van der Waals surface area contributed by atoms with E-state index >= 15 is 0 Å². The van der Waals surface area contributed by atoms with Crippen molar-refractivity contribution in [1.82, 2.24) is 15.5 Å². The van der Waals surface area contributed by atoms with Gasteiger partial charge in [0.15, 0.2) is 11.5 Å². The van der Waals surface area contributed by atoms with E-state index in [2.05, 4.69) is 33.4 Å². The minimum absolute atomic E-state index is 0.108. The molecule has 1 atom stereocenters. The van der Waals surface area contributed by atoms with Crippen LogP contribution >= 0.6 is 0 Å². The van der Waals surface area contributed by atoms with Gasteiger partial charge in [0, 0.05) is 29.9 Å². The van der Waals surface area contributed by atoms with Crippen molar-refractivity contribution < 1.29 is 4.79 Å². The van der Waals surface area contributed by atoms with Gasteiger partial charge < -0.3 is 10.2 Å². The van der Waals surface area contributed by atoms with Crippen LogP contribution in [0.5, 0.6) is 0 Å². The number of carbonyl (C=O) groups excluding carboxylic acids is 1. The van der Waals surface area contributed by atoms with Crippen LogP contribution in [0.4, 0.5) is 5.82 Å². The number of anilines is 1. The van der Waals surface area contributed by atoms with Crippen LogP contribution in [0, 0.1) is 5.92 Å². The van der Waals surface area contributed by atoms with Crippen LogP contribution < -0.4 is 10.2 Å². The first-order valence-electron chi connectivity index (χ1n) is 9.04. The highest BCUT2D eigenvalue weighted by Gasteiger charge is 2.25. The molecule has 0 spiro atoms. The average Bonchev–Trinajstić information content (AvgIpc) is 3.44. The fraction of sp³-hybridized carbons (Fsp3) is 0.526. The van der Waals surface area contributed by atoms with Gasteiger partial charge in [-0.15, -0.1) is 10.2 Å². The highest BCUT2D eigenvalue weighted by Crippen LogP contribution is 2.31. The predicted octanol–water partition coefficient (Wildman–Crippen LogP) is 3.15. The molecule has 24 heavy (non-hydrogen) atoms. The maximum atomic E-state index is 12.5. The van der Waals surface area contributed by atoms with Crippen LogP contribution in [0.1, 0.15) is 49.5 Å². The standard InChI is InChI=1S/C19H24N4O/c1-13-6-4-5-11-23(13)18-16-8-3-2-7-15(16)17(21-22-18)19(24)20-12-14-9-10-14/h2-3,7-8,13-14H,4-6,9-12H2,1H3,(H,20,24). The third kappa shape index (κ3) is 2.95. The second-order valence-corrected chi connectivity index (χ2v) is 7.11. The zero-order chi connectivity index (χ0) is 16.5. The molecule has 1 N–H and O–H groups in total. The van der Waals surface area contributed by atoms with Crippen LogP contribution in [-0.4, -0.2) is 35.2 Å². The maximum absolute atomic E-state index is 12.5. The molecule has 2 aromatic rings. The van der Waals surface area contributed by atoms with Gasteiger partial charge in [-0.3, -0.25) is 4.79 Å². The minimum Gasteiger partial charge on any atom is -0.352 e. The van der Waals surface area contributed by atoms with Crippen LogP contribution in [0.25, 0.3) is 10.8 Å². The molecular formula is C19H24N4O. The summed E-state index contributed by atoms with van der Waals surface area (Å²) in [5.74, 6) is 1.46. The number of rotatable bonds is 4. The first-order chi connectivity index (χ1) is 11.7. The highest BCUT2D eigenvalue weighted by atomic mass is 16.1. The summed E-state index contributed by atoms with van der Waals surface area (Å²) in [6, 6.07) is 8.47. The Morgan fingerprint density at radius 3 is 2.71 bits per heavy atom. The lowest BCUT2D eigenvalue weighted by atomic mass is 10.0. The maximum Gasteiger partial charge on any atom is 0.272 e. The van der Waals surface area contributed by atoms with Gasteiger partial charge in [0.05, 0.1) is 0 Å². The third-order valence-corrected chi connectivity index (χ3v) is 5.21. The summed E-state index contributed by atoms with van der Waals surface area (Å²) < 4.78 is 0. The summed E-state index contributed by atoms with van der Waals surface area (Å²) in [4.78, 5) is 14.9. The zero-order valence-electron chi connectivity index (χ0n) is 14.2. The van der Waals surface area contributed by atoms with Crippen molar-refractivity contribution in [3.63, 3.8) is 0 Å². The smallest absolute Gasteiger partial charge is 0.272 e. The van der Waals surface area contributed by atoms with Crippen molar-refractivity contribution in [1.29, 1.82) is 0 Å². The molecule has 0 radical (unpaired) electrons. The summed E-state index contributed by atoms with van der Waals surface area (Å²) in [6.45, 7) is 4.00. The molecule has 1 aliphatic heterocycles. The Kier molecular flexibility index (Phi) is 4.08. The lowest BCUT2D eigenvalue weighted by Gasteiger charge is -2.34. The summed E-state index contributed by atoms with van der Waals surface area (Å²) in [5, 5.41) is 13.7. The van der Waals surface area contributed by atoms with Gasteiger partial charge in [-0.2, -0.15) is 0 Å².